The van der Waals surface area contributed by atoms with Crippen molar-refractivity contribution in [1.29, 1.82) is 0 Å². The predicted molar refractivity (Wildman–Crippen MR) is 118 cm³/mol. The lowest BCUT2D eigenvalue weighted by Crippen LogP contribution is -2.35. The Morgan fingerprint density at radius 1 is 1.06 bits per heavy atom. The first-order chi connectivity index (χ1) is 14.8. The number of rotatable bonds is 6. The number of carbonyl (C=O) groups excluding carboxylic acids is 2. The van der Waals surface area contributed by atoms with E-state index in [1.807, 2.05) is 4.90 Å². The molecule has 2 aromatic rings. The fourth-order valence-corrected chi connectivity index (χ4v) is 5.51. The van der Waals surface area contributed by atoms with Crippen molar-refractivity contribution in [3.8, 4) is 5.75 Å². The van der Waals surface area contributed by atoms with Gasteiger partial charge in [-0.2, -0.15) is 0 Å². The number of carbonyl (C=O) groups is 2. The van der Waals surface area contributed by atoms with Gasteiger partial charge in [0.1, 0.15) is 5.75 Å². The Morgan fingerprint density at radius 2 is 1.77 bits per heavy atom. The summed E-state index contributed by atoms with van der Waals surface area (Å²) in [4.78, 5) is 27.1. The molecular weight excluding hydrogens is 440 g/mol. The van der Waals surface area contributed by atoms with Gasteiger partial charge in [-0.25, -0.2) is 8.42 Å². The van der Waals surface area contributed by atoms with E-state index in [0.29, 0.717) is 42.3 Å². The highest BCUT2D eigenvalue weighted by Gasteiger charge is 2.33. The molecule has 9 nitrogen and oxygen atoms in total. The number of thioether (sulfide) groups is 1. The number of phenolic OH excluding ortho intramolecular Hbond substituents is 1. The minimum atomic E-state index is -3.42. The van der Waals surface area contributed by atoms with Gasteiger partial charge in [0.25, 0.3) is 21.8 Å². The zero-order valence-electron chi connectivity index (χ0n) is 16.4. The van der Waals surface area contributed by atoms with E-state index >= 15 is 0 Å². The van der Waals surface area contributed by atoms with Crippen molar-refractivity contribution in [2.45, 2.75) is 11.3 Å². The molecule has 2 heterocycles. The highest BCUT2D eigenvalue weighted by molar-refractivity contribution is 8.15. The molecule has 0 saturated carbocycles. The maximum absolute atomic E-state index is 12.4. The van der Waals surface area contributed by atoms with E-state index in [2.05, 4.69) is 15.0 Å². The Labute approximate surface area is 183 Å². The van der Waals surface area contributed by atoms with Gasteiger partial charge in [0.15, 0.2) is 5.17 Å². The molecule has 11 heteroatoms. The van der Waals surface area contributed by atoms with E-state index in [1.165, 1.54) is 23.9 Å². The van der Waals surface area contributed by atoms with Crippen LogP contribution in [0.25, 0.3) is 0 Å². The summed E-state index contributed by atoms with van der Waals surface area (Å²) in [5, 5.41) is 15.4. The third-order valence-corrected chi connectivity index (χ3v) is 7.07. The van der Waals surface area contributed by atoms with E-state index in [-0.39, 0.29) is 23.3 Å². The van der Waals surface area contributed by atoms with Gasteiger partial charge in [-0.05, 0) is 54.6 Å². The number of sulfonamides is 1. The molecule has 31 heavy (non-hydrogen) atoms. The molecule has 2 aliphatic rings. The van der Waals surface area contributed by atoms with Crippen LogP contribution in [-0.2, 0) is 10.0 Å². The summed E-state index contributed by atoms with van der Waals surface area (Å²) in [6, 6.07) is 11.3. The van der Waals surface area contributed by atoms with Crippen LogP contribution in [0.5, 0.6) is 5.75 Å². The Hall–Kier alpha value is -3.05. The van der Waals surface area contributed by atoms with Gasteiger partial charge in [0, 0.05) is 35.7 Å². The fourth-order valence-electron chi connectivity index (χ4n) is 3.22. The molecule has 0 radical (unpaired) electrons. The number of nitrogens with zero attached hydrogens (tertiary/aromatic N) is 2. The first-order valence-corrected chi connectivity index (χ1v) is 12.0. The molecule has 0 aromatic heterocycles. The molecule has 0 bridgehead atoms. The van der Waals surface area contributed by atoms with Gasteiger partial charge in [0.2, 0.25) is 0 Å². The molecular formula is C20H20N4O5S2. The van der Waals surface area contributed by atoms with Gasteiger partial charge in [-0.15, -0.1) is 4.40 Å². The lowest BCUT2D eigenvalue weighted by atomic mass is 10.2. The molecule has 2 amide bonds. The van der Waals surface area contributed by atoms with Crippen LogP contribution < -0.4 is 15.5 Å². The van der Waals surface area contributed by atoms with Crippen molar-refractivity contribution in [3.63, 3.8) is 0 Å². The lowest BCUT2D eigenvalue weighted by Gasteiger charge is -2.22. The molecule has 0 aliphatic carbocycles. The van der Waals surface area contributed by atoms with Crippen molar-refractivity contribution in [1.82, 2.24) is 10.6 Å². The standard InChI is InChI=1S/C20H20N4O5S2/c25-15-4-1-3-13(11-15)18(26)21-7-2-8-22-19(27)14-5-6-16-17(12-14)30-20-23-31(28,29)10-9-24(16)20/h1,3-6,11-12,25H,2,7-10H2,(H,21,26)(H,22,27). The minimum Gasteiger partial charge on any atom is -0.508 e. The van der Waals surface area contributed by atoms with E-state index in [4.69, 9.17) is 0 Å². The van der Waals surface area contributed by atoms with E-state index in [1.54, 1.807) is 30.3 Å². The van der Waals surface area contributed by atoms with E-state index < -0.39 is 10.0 Å². The largest absolute Gasteiger partial charge is 0.508 e. The third-order valence-electron chi connectivity index (χ3n) is 4.77. The van der Waals surface area contributed by atoms with Gasteiger partial charge >= 0.3 is 0 Å². The number of phenols is 1. The van der Waals surface area contributed by atoms with Gasteiger partial charge in [-0.3, -0.25) is 9.59 Å². The van der Waals surface area contributed by atoms with Crippen molar-refractivity contribution in [2.75, 3.05) is 30.3 Å². The SMILES string of the molecule is O=C(NCCCNC(=O)c1ccc2c(c1)SC1=NS(=O)(=O)CCN12)c1cccc(O)c1. The minimum absolute atomic E-state index is 0.0252. The highest BCUT2D eigenvalue weighted by atomic mass is 32.2. The molecule has 0 saturated heterocycles. The summed E-state index contributed by atoms with van der Waals surface area (Å²) >= 11 is 1.24. The Morgan fingerprint density at radius 3 is 2.48 bits per heavy atom. The molecule has 0 spiro atoms. The summed E-state index contributed by atoms with van der Waals surface area (Å²) in [5.74, 6) is -0.542. The molecule has 0 fully saturated rings. The first-order valence-electron chi connectivity index (χ1n) is 9.60. The first kappa shape index (κ1) is 21.2. The normalized spacial score (nSPS) is 16.1. The van der Waals surface area contributed by atoms with Crippen LogP contribution in [0.1, 0.15) is 27.1 Å². The van der Waals surface area contributed by atoms with Gasteiger partial charge in [0.05, 0.1) is 11.4 Å². The average molecular weight is 461 g/mol. The lowest BCUT2D eigenvalue weighted by molar-refractivity contribution is 0.0951. The summed E-state index contributed by atoms with van der Waals surface area (Å²) in [6.45, 7) is 1.10. The Balaban J connectivity index is 1.27. The van der Waals surface area contributed by atoms with Crippen LogP contribution in [0.3, 0.4) is 0 Å². The quantitative estimate of drug-likeness (QED) is 0.558. The molecule has 3 N–H and O–H groups in total. The number of hydrogen-bond acceptors (Lipinski definition) is 7. The molecule has 162 valence electrons. The van der Waals surface area contributed by atoms with Crippen LogP contribution in [0.2, 0.25) is 0 Å². The van der Waals surface area contributed by atoms with Crippen LogP contribution >= 0.6 is 11.8 Å². The number of benzene rings is 2. The third kappa shape index (κ3) is 4.83. The molecule has 0 unspecified atom stereocenters. The van der Waals surface area contributed by atoms with Crippen molar-refractivity contribution in [3.05, 3.63) is 53.6 Å². The van der Waals surface area contributed by atoms with Crippen LogP contribution in [0.15, 0.2) is 51.8 Å². The number of anilines is 1. The second kappa shape index (κ2) is 8.60. The van der Waals surface area contributed by atoms with Crippen molar-refractivity contribution < 1.29 is 23.1 Å². The average Bonchev–Trinajstić information content (AvgIpc) is 3.08. The fraction of sp³-hybridized carbons (Fsp3) is 0.250. The van der Waals surface area contributed by atoms with Crippen LogP contribution in [-0.4, -0.2) is 55.9 Å². The zero-order chi connectivity index (χ0) is 22.0. The highest BCUT2D eigenvalue weighted by Crippen LogP contribution is 2.42. The van der Waals surface area contributed by atoms with Crippen LogP contribution in [0.4, 0.5) is 5.69 Å². The molecule has 2 aliphatic heterocycles. The predicted octanol–water partition coefficient (Wildman–Crippen LogP) is 1.55. The summed E-state index contributed by atoms with van der Waals surface area (Å²) < 4.78 is 27.2. The summed E-state index contributed by atoms with van der Waals surface area (Å²) in [5.41, 5.74) is 1.69. The number of fused-ring (bicyclic) bond motifs is 3. The molecule has 4 rings (SSSR count). The van der Waals surface area contributed by atoms with Gasteiger partial charge < -0.3 is 20.6 Å². The topological polar surface area (TPSA) is 128 Å². The second-order valence-corrected chi connectivity index (χ2v) is 9.78. The Bertz CT molecular complexity index is 1180. The molecule has 0 atom stereocenters. The summed E-state index contributed by atoms with van der Waals surface area (Å²) in [6.07, 6.45) is 0.540. The number of hydrogen-bond donors (Lipinski definition) is 3. The maximum Gasteiger partial charge on any atom is 0.257 e. The summed E-state index contributed by atoms with van der Waals surface area (Å²) in [7, 11) is -3.42. The second-order valence-electron chi connectivity index (χ2n) is 7.01. The van der Waals surface area contributed by atoms with Crippen LogP contribution in [0, 0.1) is 0 Å². The zero-order valence-corrected chi connectivity index (χ0v) is 18.0. The van der Waals surface area contributed by atoms with Gasteiger partial charge in [-0.1, -0.05) is 6.07 Å². The number of amides is 2. The maximum atomic E-state index is 12.4. The number of aromatic hydroxyl groups is 1. The monoisotopic (exact) mass is 460 g/mol. The molecule has 2 aromatic carbocycles. The van der Waals surface area contributed by atoms with E-state index in [9.17, 15) is 23.1 Å². The van der Waals surface area contributed by atoms with Crippen molar-refractivity contribution in [2.24, 2.45) is 4.40 Å². The number of nitrogens with one attached hydrogen (secondary N) is 2. The number of amidine groups is 1. The van der Waals surface area contributed by atoms with Crippen molar-refractivity contribution >= 4 is 44.5 Å². The Kier molecular flexibility index (Phi) is 5.88. The van der Waals surface area contributed by atoms with E-state index in [0.717, 1.165) is 10.6 Å². The smallest absolute Gasteiger partial charge is 0.257 e.